The third-order valence-electron chi connectivity index (χ3n) is 2.98. The van der Waals surface area contributed by atoms with Gasteiger partial charge in [-0.15, -0.1) is 0 Å². The van der Waals surface area contributed by atoms with Gasteiger partial charge in [-0.3, -0.25) is 0 Å². The van der Waals surface area contributed by atoms with Crippen molar-refractivity contribution in [2.75, 3.05) is 6.54 Å². The van der Waals surface area contributed by atoms with Crippen LogP contribution < -0.4 is 10.1 Å². The van der Waals surface area contributed by atoms with Crippen molar-refractivity contribution in [3.63, 3.8) is 0 Å². The maximum absolute atomic E-state index is 5.81. The SMILES string of the molecule is CCNCc1cccc(OCc2ncnn2C(C)C)c1. The highest BCUT2D eigenvalue weighted by atomic mass is 16.5. The van der Waals surface area contributed by atoms with Gasteiger partial charge >= 0.3 is 0 Å². The summed E-state index contributed by atoms with van der Waals surface area (Å²) in [7, 11) is 0. The Kier molecular flexibility index (Phi) is 5.12. The Hall–Kier alpha value is -1.88. The molecule has 0 spiro atoms. The molecule has 1 N–H and O–H groups in total. The number of benzene rings is 1. The first-order chi connectivity index (χ1) is 9.70. The first-order valence-corrected chi connectivity index (χ1v) is 7.01. The minimum Gasteiger partial charge on any atom is -0.486 e. The molecule has 0 saturated heterocycles. The molecule has 1 heterocycles. The summed E-state index contributed by atoms with van der Waals surface area (Å²) in [4.78, 5) is 4.24. The van der Waals surface area contributed by atoms with Crippen LogP contribution in [0.25, 0.3) is 0 Å². The van der Waals surface area contributed by atoms with E-state index in [9.17, 15) is 0 Å². The number of hydrogen-bond donors (Lipinski definition) is 1. The zero-order valence-electron chi connectivity index (χ0n) is 12.3. The molecule has 2 rings (SSSR count). The molecule has 108 valence electrons. The molecule has 20 heavy (non-hydrogen) atoms. The number of ether oxygens (including phenoxy) is 1. The lowest BCUT2D eigenvalue weighted by Crippen LogP contribution is -2.12. The lowest BCUT2D eigenvalue weighted by molar-refractivity contribution is 0.282. The van der Waals surface area contributed by atoms with E-state index < -0.39 is 0 Å². The molecule has 0 bridgehead atoms. The van der Waals surface area contributed by atoms with E-state index in [4.69, 9.17) is 4.74 Å². The number of nitrogens with one attached hydrogen (secondary N) is 1. The van der Waals surface area contributed by atoms with Gasteiger partial charge in [0.1, 0.15) is 18.7 Å². The highest BCUT2D eigenvalue weighted by Crippen LogP contribution is 2.15. The average Bonchev–Trinajstić information content (AvgIpc) is 2.92. The Morgan fingerprint density at radius 3 is 2.95 bits per heavy atom. The van der Waals surface area contributed by atoms with E-state index in [0.717, 1.165) is 24.7 Å². The number of rotatable bonds is 7. The van der Waals surface area contributed by atoms with E-state index in [1.807, 2.05) is 16.8 Å². The van der Waals surface area contributed by atoms with E-state index in [1.54, 1.807) is 6.33 Å². The van der Waals surface area contributed by atoms with Crippen LogP contribution in [0.1, 0.15) is 38.2 Å². The van der Waals surface area contributed by atoms with Crippen LogP contribution in [-0.2, 0) is 13.2 Å². The molecule has 0 atom stereocenters. The lowest BCUT2D eigenvalue weighted by atomic mass is 10.2. The topological polar surface area (TPSA) is 52.0 Å². The van der Waals surface area contributed by atoms with Crippen molar-refractivity contribution in [3.8, 4) is 5.75 Å². The van der Waals surface area contributed by atoms with Crippen LogP contribution in [0.15, 0.2) is 30.6 Å². The molecule has 0 unspecified atom stereocenters. The van der Waals surface area contributed by atoms with Crippen LogP contribution in [0.4, 0.5) is 0 Å². The minimum atomic E-state index is 0.288. The van der Waals surface area contributed by atoms with Gasteiger partial charge < -0.3 is 10.1 Å². The lowest BCUT2D eigenvalue weighted by Gasteiger charge is -2.11. The van der Waals surface area contributed by atoms with Gasteiger partial charge in [0, 0.05) is 12.6 Å². The molecule has 5 nitrogen and oxygen atoms in total. The van der Waals surface area contributed by atoms with Crippen molar-refractivity contribution in [1.29, 1.82) is 0 Å². The number of hydrogen-bond acceptors (Lipinski definition) is 4. The first-order valence-electron chi connectivity index (χ1n) is 7.01. The van der Waals surface area contributed by atoms with Crippen LogP contribution in [0.3, 0.4) is 0 Å². The molecule has 0 aliphatic rings. The second-order valence-electron chi connectivity index (χ2n) is 4.93. The van der Waals surface area contributed by atoms with Gasteiger partial charge in [-0.25, -0.2) is 9.67 Å². The summed E-state index contributed by atoms with van der Waals surface area (Å²) in [6.07, 6.45) is 1.57. The van der Waals surface area contributed by atoms with E-state index in [0.29, 0.717) is 6.61 Å². The van der Waals surface area contributed by atoms with Crippen molar-refractivity contribution in [2.45, 2.75) is 40.0 Å². The Bertz CT molecular complexity index is 536. The molecule has 5 heteroatoms. The molecule has 1 aromatic carbocycles. The van der Waals surface area contributed by atoms with Crippen molar-refractivity contribution in [3.05, 3.63) is 42.0 Å². The van der Waals surface area contributed by atoms with Gasteiger partial charge in [-0.2, -0.15) is 5.10 Å². The first kappa shape index (κ1) is 14.5. The van der Waals surface area contributed by atoms with Crippen LogP contribution >= 0.6 is 0 Å². The van der Waals surface area contributed by atoms with Crippen LogP contribution in [0.2, 0.25) is 0 Å². The summed E-state index contributed by atoms with van der Waals surface area (Å²) in [6, 6.07) is 8.40. The van der Waals surface area contributed by atoms with Gasteiger partial charge in [0.05, 0.1) is 0 Å². The Balaban J connectivity index is 1.98. The molecule has 0 fully saturated rings. The number of nitrogens with zero attached hydrogens (tertiary/aromatic N) is 3. The van der Waals surface area contributed by atoms with Gasteiger partial charge in [0.25, 0.3) is 0 Å². The fourth-order valence-corrected chi connectivity index (χ4v) is 1.97. The molecular weight excluding hydrogens is 252 g/mol. The quantitative estimate of drug-likeness (QED) is 0.843. The second-order valence-corrected chi connectivity index (χ2v) is 4.93. The van der Waals surface area contributed by atoms with Gasteiger partial charge in [-0.1, -0.05) is 19.1 Å². The molecule has 0 radical (unpaired) electrons. The largest absolute Gasteiger partial charge is 0.486 e. The monoisotopic (exact) mass is 274 g/mol. The fraction of sp³-hybridized carbons (Fsp3) is 0.467. The van der Waals surface area contributed by atoms with Gasteiger partial charge in [0.2, 0.25) is 0 Å². The molecule has 0 aliphatic heterocycles. The summed E-state index contributed by atoms with van der Waals surface area (Å²) in [5, 5.41) is 7.51. The van der Waals surface area contributed by atoms with Crippen molar-refractivity contribution in [2.24, 2.45) is 0 Å². The highest BCUT2D eigenvalue weighted by Gasteiger charge is 2.08. The highest BCUT2D eigenvalue weighted by molar-refractivity contribution is 5.28. The van der Waals surface area contributed by atoms with E-state index in [2.05, 4.69) is 48.3 Å². The van der Waals surface area contributed by atoms with Gasteiger partial charge in [0.15, 0.2) is 5.82 Å². The summed E-state index contributed by atoms with van der Waals surface area (Å²) in [5.41, 5.74) is 1.22. The Labute approximate surface area is 120 Å². The minimum absolute atomic E-state index is 0.288. The summed E-state index contributed by atoms with van der Waals surface area (Å²) in [6.45, 7) is 8.50. The van der Waals surface area contributed by atoms with Crippen LogP contribution in [0.5, 0.6) is 5.75 Å². The van der Waals surface area contributed by atoms with Gasteiger partial charge in [-0.05, 0) is 38.1 Å². The molecular formula is C15H22N4O. The van der Waals surface area contributed by atoms with Crippen molar-refractivity contribution < 1.29 is 4.74 Å². The summed E-state index contributed by atoms with van der Waals surface area (Å²) in [5.74, 6) is 1.70. The summed E-state index contributed by atoms with van der Waals surface area (Å²) < 4.78 is 7.69. The zero-order valence-corrected chi connectivity index (χ0v) is 12.3. The third-order valence-corrected chi connectivity index (χ3v) is 2.98. The maximum Gasteiger partial charge on any atom is 0.165 e. The predicted molar refractivity (Wildman–Crippen MR) is 78.6 cm³/mol. The third kappa shape index (κ3) is 3.81. The van der Waals surface area contributed by atoms with Crippen molar-refractivity contribution in [1.82, 2.24) is 20.1 Å². The fourth-order valence-electron chi connectivity index (χ4n) is 1.97. The standard InChI is InChI=1S/C15H22N4O/c1-4-16-9-13-6-5-7-14(8-13)20-10-15-17-11-18-19(15)12(2)3/h5-8,11-12,16H,4,9-10H2,1-3H3. The molecule has 1 aromatic heterocycles. The second kappa shape index (κ2) is 7.05. The molecule has 2 aromatic rings. The summed E-state index contributed by atoms with van der Waals surface area (Å²) >= 11 is 0. The molecule has 0 saturated carbocycles. The van der Waals surface area contributed by atoms with E-state index in [-0.39, 0.29) is 6.04 Å². The predicted octanol–water partition coefficient (Wildman–Crippen LogP) is 2.55. The smallest absolute Gasteiger partial charge is 0.165 e. The van der Waals surface area contributed by atoms with E-state index in [1.165, 1.54) is 5.56 Å². The maximum atomic E-state index is 5.81. The Morgan fingerprint density at radius 2 is 2.20 bits per heavy atom. The van der Waals surface area contributed by atoms with E-state index >= 15 is 0 Å². The zero-order chi connectivity index (χ0) is 14.4. The van der Waals surface area contributed by atoms with Crippen molar-refractivity contribution >= 4 is 0 Å². The molecule has 0 aliphatic carbocycles. The molecule has 0 amide bonds. The normalized spacial score (nSPS) is 11.0. The van der Waals surface area contributed by atoms with Crippen LogP contribution in [0, 0.1) is 0 Å². The average molecular weight is 274 g/mol. The number of aromatic nitrogens is 3. The Morgan fingerprint density at radius 1 is 1.35 bits per heavy atom. The van der Waals surface area contributed by atoms with Crippen LogP contribution in [-0.4, -0.2) is 21.3 Å².